The molecular formula is C19H18Cl2NO. The van der Waals surface area contributed by atoms with Crippen LogP contribution in [0.25, 0.3) is 0 Å². The molecule has 2 aromatic rings. The van der Waals surface area contributed by atoms with Crippen molar-refractivity contribution < 1.29 is 4.79 Å². The molecule has 0 saturated carbocycles. The third kappa shape index (κ3) is 3.39. The van der Waals surface area contributed by atoms with Crippen LogP contribution in [-0.4, -0.2) is 18.9 Å². The number of benzene rings is 2. The van der Waals surface area contributed by atoms with Crippen molar-refractivity contribution in [3.05, 3.63) is 70.6 Å². The quantitative estimate of drug-likeness (QED) is 0.705. The molecule has 1 heterocycles. The van der Waals surface area contributed by atoms with Gasteiger partial charge in [0.2, 0.25) is 0 Å². The lowest BCUT2D eigenvalue weighted by Gasteiger charge is -2.34. The van der Waals surface area contributed by atoms with E-state index in [9.17, 15) is 4.79 Å². The van der Waals surface area contributed by atoms with Crippen molar-refractivity contribution in [2.45, 2.75) is 12.8 Å². The van der Waals surface area contributed by atoms with E-state index in [2.05, 4.69) is 11.8 Å². The maximum atomic E-state index is 12.6. The molecule has 4 heteroatoms. The molecule has 1 aliphatic rings. The molecule has 2 aromatic carbocycles. The van der Waals surface area contributed by atoms with Gasteiger partial charge in [0.15, 0.2) is 5.78 Å². The monoisotopic (exact) mass is 346 g/mol. The first kappa shape index (κ1) is 16.4. The van der Waals surface area contributed by atoms with Gasteiger partial charge in [-0.15, -0.1) is 0 Å². The number of Topliss-reactive ketones (excluding diaryl/α,β-unsaturated/α-hetero) is 1. The van der Waals surface area contributed by atoms with Crippen molar-refractivity contribution in [1.82, 2.24) is 0 Å². The van der Waals surface area contributed by atoms with E-state index in [1.54, 1.807) is 6.07 Å². The van der Waals surface area contributed by atoms with Gasteiger partial charge < -0.3 is 4.90 Å². The van der Waals surface area contributed by atoms with Crippen LogP contribution in [0.4, 0.5) is 5.69 Å². The Bertz CT molecular complexity index is 707. The van der Waals surface area contributed by atoms with E-state index in [4.69, 9.17) is 23.2 Å². The number of nitrogens with zero attached hydrogens (tertiary/aromatic N) is 1. The molecule has 119 valence electrons. The van der Waals surface area contributed by atoms with Crippen LogP contribution < -0.4 is 4.90 Å². The predicted octanol–water partition coefficient (Wildman–Crippen LogP) is 5.27. The van der Waals surface area contributed by atoms with Crippen molar-refractivity contribution in [3.8, 4) is 0 Å². The first-order valence-corrected chi connectivity index (χ1v) is 8.47. The lowest BCUT2D eigenvalue weighted by atomic mass is 9.88. The molecule has 1 radical (unpaired) electrons. The highest BCUT2D eigenvalue weighted by molar-refractivity contribution is 6.43. The number of halogens is 2. The molecule has 0 unspecified atom stereocenters. The molecular weight excluding hydrogens is 329 g/mol. The molecule has 3 rings (SSSR count). The number of rotatable bonds is 3. The summed E-state index contributed by atoms with van der Waals surface area (Å²) in [7, 11) is 0. The van der Waals surface area contributed by atoms with Gasteiger partial charge in [0.05, 0.1) is 15.7 Å². The summed E-state index contributed by atoms with van der Waals surface area (Å²) in [5.41, 5.74) is 2.56. The Morgan fingerprint density at radius 1 is 1.04 bits per heavy atom. The number of piperidine rings is 1. The molecule has 2 nitrogen and oxygen atoms in total. The van der Waals surface area contributed by atoms with E-state index in [1.807, 2.05) is 36.4 Å². The summed E-state index contributed by atoms with van der Waals surface area (Å²) in [4.78, 5) is 14.7. The summed E-state index contributed by atoms with van der Waals surface area (Å²) >= 11 is 12.5. The maximum Gasteiger partial charge on any atom is 0.166 e. The topological polar surface area (TPSA) is 20.3 Å². The Balaban J connectivity index is 1.72. The van der Waals surface area contributed by atoms with Gasteiger partial charge in [-0.3, -0.25) is 4.79 Å². The van der Waals surface area contributed by atoms with Crippen molar-refractivity contribution >= 4 is 34.7 Å². The van der Waals surface area contributed by atoms with Crippen LogP contribution >= 0.6 is 23.2 Å². The van der Waals surface area contributed by atoms with Crippen molar-refractivity contribution in [3.63, 3.8) is 0 Å². The highest BCUT2D eigenvalue weighted by Crippen LogP contribution is 2.37. The van der Waals surface area contributed by atoms with Gasteiger partial charge in [0.1, 0.15) is 0 Å². The Morgan fingerprint density at radius 2 is 1.70 bits per heavy atom. The number of hydrogen-bond acceptors (Lipinski definition) is 2. The molecule has 0 aromatic heterocycles. The van der Waals surface area contributed by atoms with Gasteiger partial charge in [0.25, 0.3) is 0 Å². The van der Waals surface area contributed by atoms with Crippen LogP contribution in [-0.2, 0) is 0 Å². The normalized spacial score (nSPS) is 15.7. The minimum atomic E-state index is 0.0693. The predicted molar refractivity (Wildman–Crippen MR) is 96.6 cm³/mol. The van der Waals surface area contributed by atoms with E-state index in [1.165, 1.54) is 0 Å². The number of carbonyl (C=O) groups excluding carboxylic acids is 1. The number of hydrogen-bond donors (Lipinski definition) is 0. The van der Waals surface area contributed by atoms with Gasteiger partial charge in [-0.05, 0) is 31.4 Å². The molecule has 23 heavy (non-hydrogen) atoms. The zero-order valence-electron chi connectivity index (χ0n) is 12.8. The SMILES string of the molecule is [CH2]c1ccc(Cl)c(Cl)c1N1CCC(C(=O)c2ccccc2)CC1. The molecule has 1 fully saturated rings. The van der Waals surface area contributed by atoms with Gasteiger partial charge in [-0.25, -0.2) is 0 Å². The molecule has 0 bridgehead atoms. The first-order chi connectivity index (χ1) is 11.1. The molecule has 0 N–H and O–H groups in total. The van der Waals surface area contributed by atoms with Gasteiger partial charge >= 0.3 is 0 Å². The number of ketones is 1. The van der Waals surface area contributed by atoms with Crippen LogP contribution in [0.2, 0.25) is 10.0 Å². The van der Waals surface area contributed by atoms with Crippen LogP contribution in [0, 0.1) is 12.8 Å². The molecule has 1 aliphatic heterocycles. The fourth-order valence-corrected chi connectivity index (χ4v) is 3.58. The summed E-state index contributed by atoms with van der Waals surface area (Å²) < 4.78 is 0. The van der Waals surface area contributed by atoms with Gasteiger partial charge in [-0.1, -0.05) is 59.6 Å². The summed E-state index contributed by atoms with van der Waals surface area (Å²) in [6.45, 7) is 5.61. The van der Waals surface area contributed by atoms with Crippen molar-refractivity contribution in [2.24, 2.45) is 5.92 Å². The molecule has 0 spiro atoms. The third-order valence-electron chi connectivity index (χ3n) is 4.39. The number of anilines is 1. The Labute approximate surface area is 147 Å². The second-order valence-electron chi connectivity index (χ2n) is 5.86. The smallest absolute Gasteiger partial charge is 0.166 e. The van der Waals surface area contributed by atoms with Crippen molar-refractivity contribution in [1.29, 1.82) is 0 Å². The summed E-state index contributed by atoms with van der Waals surface area (Å²) in [6, 6.07) is 13.2. The van der Waals surface area contributed by atoms with E-state index < -0.39 is 0 Å². The second-order valence-corrected chi connectivity index (χ2v) is 6.65. The standard InChI is InChI=1S/C19H18Cl2NO/c1-13-7-8-16(20)17(21)18(13)22-11-9-15(10-12-22)19(23)14-5-3-2-4-6-14/h2-8,15H,1,9-12H2. The Morgan fingerprint density at radius 3 is 2.35 bits per heavy atom. The average Bonchev–Trinajstić information content (AvgIpc) is 2.59. The zero-order chi connectivity index (χ0) is 16.4. The summed E-state index contributed by atoms with van der Waals surface area (Å²) in [6.07, 6.45) is 1.63. The fraction of sp³-hybridized carbons (Fsp3) is 0.263. The zero-order valence-corrected chi connectivity index (χ0v) is 14.3. The maximum absolute atomic E-state index is 12.6. The lowest BCUT2D eigenvalue weighted by molar-refractivity contribution is 0.0900. The van der Waals surface area contributed by atoms with E-state index in [-0.39, 0.29) is 11.7 Å². The Hall–Kier alpha value is -1.51. The first-order valence-electron chi connectivity index (χ1n) is 7.72. The fourth-order valence-electron chi connectivity index (χ4n) is 3.13. The van der Waals surface area contributed by atoms with E-state index in [0.717, 1.165) is 42.7 Å². The van der Waals surface area contributed by atoms with E-state index in [0.29, 0.717) is 10.0 Å². The van der Waals surface area contributed by atoms with Gasteiger partial charge in [-0.2, -0.15) is 0 Å². The summed E-state index contributed by atoms with van der Waals surface area (Å²) in [5, 5.41) is 1.09. The summed E-state index contributed by atoms with van der Waals surface area (Å²) in [5.74, 6) is 0.303. The minimum absolute atomic E-state index is 0.0693. The van der Waals surface area contributed by atoms with Crippen LogP contribution in [0.1, 0.15) is 28.8 Å². The van der Waals surface area contributed by atoms with Gasteiger partial charge in [0, 0.05) is 24.6 Å². The third-order valence-corrected chi connectivity index (χ3v) is 5.19. The van der Waals surface area contributed by atoms with Crippen molar-refractivity contribution in [2.75, 3.05) is 18.0 Å². The minimum Gasteiger partial charge on any atom is -0.370 e. The molecule has 0 amide bonds. The number of carbonyl (C=O) groups is 1. The van der Waals surface area contributed by atoms with E-state index >= 15 is 0 Å². The lowest BCUT2D eigenvalue weighted by Crippen LogP contribution is -2.37. The Kier molecular flexibility index (Phi) is 4.93. The average molecular weight is 347 g/mol. The molecule has 0 aliphatic carbocycles. The largest absolute Gasteiger partial charge is 0.370 e. The molecule has 1 saturated heterocycles. The van der Waals surface area contributed by atoms with Crippen LogP contribution in [0.15, 0.2) is 42.5 Å². The molecule has 0 atom stereocenters. The highest BCUT2D eigenvalue weighted by Gasteiger charge is 2.27. The second kappa shape index (κ2) is 6.94. The van der Waals surface area contributed by atoms with Crippen LogP contribution in [0.5, 0.6) is 0 Å². The highest BCUT2D eigenvalue weighted by atomic mass is 35.5. The van der Waals surface area contributed by atoms with Crippen LogP contribution in [0.3, 0.4) is 0 Å².